The van der Waals surface area contributed by atoms with Crippen LogP contribution in [0, 0.1) is 6.92 Å². The normalized spacial score (nSPS) is 16.1. The lowest BCUT2D eigenvalue weighted by Crippen LogP contribution is -2.44. The molecule has 0 bridgehead atoms. The van der Waals surface area contributed by atoms with E-state index in [-0.39, 0.29) is 11.9 Å². The van der Waals surface area contributed by atoms with Gasteiger partial charge in [-0.3, -0.25) is 4.79 Å². The van der Waals surface area contributed by atoms with E-state index in [0.717, 1.165) is 32.5 Å². The van der Waals surface area contributed by atoms with Crippen molar-refractivity contribution in [3.05, 3.63) is 35.7 Å². The summed E-state index contributed by atoms with van der Waals surface area (Å²) in [7, 11) is 0. The zero-order valence-corrected chi connectivity index (χ0v) is 15.0. The standard InChI is InChI=1S/C19H26N4O2/c1-3-4-11-23-12-9-15(10-13-23)20-18(24)16-7-5-6-8-17(16)19-22-21-14(2)25-19/h5-8,15H,3-4,9-13H2,1-2H3,(H,20,24). The van der Waals surface area contributed by atoms with E-state index in [9.17, 15) is 4.79 Å². The van der Waals surface area contributed by atoms with Crippen molar-refractivity contribution in [2.24, 2.45) is 0 Å². The lowest BCUT2D eigenvalue weighted by atomic mass is 10.0. The van der Waals surface area contributed by atoms with E-state index in [4.69, 9.17) is 4.42 Å². The molecule has 0 aliphatic carbocycles. The minimum Gasteiger partial charge on any atom is -0.421 e. The summed E-state index contributed by atoms with van der Waals surface area (Å²) < 4.78 is 5.49. The Hall–Kier alpha value is -2.21. The van der Waals surface area contributed by atoms with E-state index in [1.165, 1.54) is 12.8 Å². The van der Waals surface area contributed by atoms with Gasteiger partial charge in [-0.15, -0.1) is 10.2 Å². The summed E-state index contributed by atoms with van der Waals surface area (Å²) in [6, 6.07) is 7.60. The Balaban J connectivity index is 1.63. The molecule has 0 unspecified atom stereocenters. The highest BCUT2D eigenvalue weighted by Crippen LogP contribution is 2.23. The number of unbranched alkanes of at least 4 members (excludes halogenated alkanes) is 1. The number of carbonyl (C=O) groups is 1. The number of piperidine rings is 1. The van der Waals surface area contributed by atoms with Gasteiger partial charge in [0, 0.05) is 26.1 Å². The number of nitrogens with one attached hydrogen (secondary N) is 1. The van der Waals surface area contributed by atoms with Crippen LogP contribution in [0.2, 0.25) is 0 Å². The fourth-order valence-electron chi connectivity index (χ4n) is 3.22. The van der Waals surface area contributed by atoms with Crippen LogP contribution in [0.5, 0.6) is 0 Å². The average molecular weight is 342 g/mol. The molecule has 134 valence electrons. The zero-order valence-electron chi connectivity index (χ0n) is 15.0. The summed E-state index contributed by atoms with van der Waals surface area (Å²) in [4.78, 5) is 15.2. The minimum absolute atomic E-state index is 0.0709. The van der Waals surface area contributed by atoms with Gasteiger partial charge in [0.05, 0.1) is 11.1 Å². The lowest BCUT2D eigenvalue weighted by molar-refractivity contribution is 0.0911. The number of hydrogen-bond acceptors (Lipinski definition) is 5. The van der Waals surface area contributed by atoms with Crippen LogP contribution in [0.15, 0.2) is 28.7 Å². The molecule has 1 amide bonds. The summed E-state index contributed by atoms with van der Waals surface area (Å²) in [6.07, 6.45) is 4.46. The summed E-state index contributed by atoms with van der Waals surface area (Å²) in [6.45, 7) is 7.22. The molecule has 6 heteroatoms. The van der Waals surface area contributed by atoms with E-state index >= 15 is 0 Å². The quantitative estimate of drug-likeness (QED) is 0.874. The van der Waals surface area contributed by atoms with Crippen LogP contribution in [0.4, 0.5) is 0 Å². The Labute approximate surface area is 148 Å². The first-order valence-electron chi connectivity index (χ1n) is 9.10. The van der Waals surface area contributed by atoms with Crippen LogP contribution < -0.4 is 5.32 Å². The maximum absolute atomic E-state index is 12.8. The van der Waals surface area contributed by atoms with Crippen molar-refractivity contribution in [1.29, 1.82) is 0 Å². The molecular weight excluding hydrogens is 316 g/mol. The second-order valence-corrected chi connectivity index (χ2v) is 6.61. The summed E-state index contributed by atoms with van der Waals surface area (Å²) >= 11 is 0. The summed E-state index contributed by atoms with van der Waals surface area (Å²) in [5.41, 5.74) is 1.26. The molecule has 1 aliphatic rings. The van der Waals surface area contributed by atoms with Crippen molar-refractivity contribution < 1.29 is 9.21 Å². The molecule has 0 saturated carbocycles. The Morgan fingerprint density at radius 1 is 1.28 bits per heavy atom. The van der Waals surface area contributed by atoms with Crippen LogP contribution in [0.3, 0.4) is 0 Å². The van der Waals surface area contributed by atoms with E-state index in [0.29, 0.717) is 22.9 Å². The molecule has 2 heterocycles. The summed E-state index contributed by atoms with van der Waals surface area (Å²) in [5.74, 6) is 0.806. The molecule has 1 saturated heterocycles. The first-order chi connectivity index (χ1) is 12.2. The van der Waals surface area contributed by atoms with Gasteiger partial charge in [0.1, 0.15) is 0 Å². The minimum atomic E-state index is -0.0709. The maximum atomic E-state index is 12.8. The molecule has 6 nitrogen and oxygen atoms in total. The van der Waals surface area contributed by atoms with Crippen molar-refractivity contribution in [1.82, 2.24) is 20.4 Å². The van der Waals surface area contributed by atoms with Gasteiger partial charge in [-0.25, -0.2) is 0 Å². The maximum Gasteiger partial charge on any atom is 0.252 e. The molecular formula is C19H26N4O2. The number of likely N-dealkylation sites (tertiary alicyclic amines) is 1. The predicted octanol–water partition coefficient (Wildman–Crippen LogP) is 3.04. The third-order valence-electron chi connectivity index (χ3n) is 4.68. The molecule has 0 radical (unpaired) electrons. The number of hydrogen-bond donors (Lipinski definition) is 1. The molecule has 0 atom stereocenters. The van der Waals surface area contributed by atoms with Crippen LogP contribution in [0.25, 0.3) is 11.5 Å². The average Bonchev–Trinajstić information content (AvgIpc) is 3.07. The number of aromatic nitrogens is 2. The van der Waals surface area contributed by atoms with Gasteiger partial charge in [0.25, 0.3) is 5.91 Å². The van der Waals surface area contributed by atoms with E-state index in [1.807, 2.05) is 18.2 Å². The van der Waals surface area contributed by atoms with Crippen molar-refractivity contribution in [2.45, 2.75) is 45.6 Å². The van der Waals surface area contributed by atoms with Gasteiger partial charge in [0.2, 0.25) is 11.8 Å². The second-order valence-electron chi connectivity index (χ2n) is 6.61. The second kappa shape index (κ2) is 8.25. The fraction of sp³-hybridized carbons (Fsp3) is 0.526. The lowest BCUT2D eigenvalue weighted by Gasteiger charge is -2.32. The van der Waals surface area contributed by atoms with Crippen molar-refractivity contribution in [3.63, 3.8) is 0 Å². The number of benzene rings is 1. The van der Waals surface area contributed by atoms with Crippen molar-refractivity contribution in [2.75, 3.05) is 19.6 Å². The number of carbonyl (C=O) groups excluding carboxylic acids is 1. The highest BCUT2D eigenvalue weighted by atomic mass is 16.4. The number of amides is 1. The van der Waals surface area contributed by atoms with Gasteiger partial charge in [-0.2, -0.15) is 0 Å². The number of rotatable bonds is 6. The Kier molecular flexibility index (Phi) is 5.81. The Morgan fingerprint density at radius 2 is 2.04 bits per heavy atom. The molecule has 0 spiro atoms. The highest BCUT2D eigenvalue weighted by Gasteiger charge is 2.23. The molecule has 3 rings (SSSR count). The van der Waals surface area contributed by atoms with Gasteiger partial charge < -0.3 is 14.6 Å². The largest absolute Gasteiger partial charge is 0.421 e. The molecule has 1 aliphatic heterocycles. The Bertz CT molecular complexity index is 705. The molecule has 1 fully saturated rings. The summed E-state index contributed by atoms with van der Waals surface area (Å²) in [5, 5.41) is 11.1. The first-order valence-corrected chi connectivity index (χ1v) is 9.10. The predicted molar refractivity (Wildman–Crippen MR) is 96.3 cm³/mol. The smallest absolute Gasteiger partial charge is 0.252 e. The molecule has 1 aromatic carbocycles. The van der Waals surface area contributed by atoms with Crippen LogP contribution in [-0.4, -0.2) is 46.7 Å². The molecule has 1 aromatic heterocycles. The van der Waals surface area contributed by atoms with Crippen LogP contribution in [0.1, 0.15) is 48.9 Å². The Morgan fingerprint density at radius 3 is 2.72 bits per heavy atom. The monoisotopic (exact) mass is 342 g/mol. The van der Waals surface area contributed by atoms with Crippen LogP contribution >= 0.6 is 0 Å². The molecule has 2 aromatic rings. The van der Waals surface area contributed by atoms with Gasteiger partial charge >= 0.3 is 0 Å². The van der Waals surface area contributed by atoms with Crippen molar-refractivity contribution in [3.8, 4) is 11.5 Å². The number of aryl methyl sites for hydroxylation is 1. The van der Waals surface area contributed by atoms with Crippen molar-refractivity contribution >= 4 is 5.91 Å². The first kappa shape index (κ1) is 17.6. The van der Waals surface area contributed by atoms with E-state index < -0.39 is 0 Å². The third-order valence-corrected chi connectivity index (χ3v) is 4.68. The highest BCUT2D eigenvalue weighted by molar-refractivity contribution is 6.00. The van der Waals surface area contributed by atoms with Gasteiger partial charge in [0.15, 0.2) is 0 Å². The molecule has 25 heavy (non-hydrogen) atoms. The number of nitrogens with zero attached hydrogens (tertiary/aromatic N) is 3. The zero-order chi connectivity index (χ0) is 17.6. The third kappa shape index (κ3) is 4.45. The van der Waals surface area contributed by atoms with E-state index in [1.54, 1.807) is 13.0 Å². The topological polar surface area (TPSA) is 71.3 Å². The SMILES string of the molecule is CCCCN1CCC(NC(=O)c2ccccc2-c2nnc(C)o2)CC1. The van der Waals surface area contributed by atoms with E-state index in [2.05, 4.69) is 27.3 Å². The van der Waals surface area contributed by atoms with Gasteiger partial charge in [-0.05, 0) is 37.9 Å². The fourth-order valence-corrected chi connectivity index (χ4v) is 3.22. The molecule has 1 N–H and O–H groups in total. The van der Waals surface area contributed by atoms with Gasteiger partial charge in [-0.1, -0.05) is 25.5 Å². The van der Waals surface area contributed by atoms with Crippen LogP contribution in [-0.2, 0) is 0 Å².